The van der Waals surface area contributed by atoms with Gasteiger partial charge in [0.2, 0.25) is 0 Å². The van der Waals surface area contributed by atoms with Gasteiger partial charge in [-0.05, 0) is 25.0 Å². The average Bonchev–Trinajstić information content (AvgIpc) is 2.72. The zero-order chi connectivity index (χ0) is 9.71. The zero-order valence-corrected chi connectivity index (χ0v) is 8.53. The Kier molecular flexibility index (Phi) is 1.59. The summed E-state index contributed by atoms with van der Waals surface area (Å²) in [7, 11) is 2.09. The van der Waals surface area contributed by atoms with Crippen molar-refractivity contribution in [2.24, 2.45) is 0 Å². The molecule has 1 saturated heterocycles. The van der Waals surface area contributed by atoms with Gasteiger partial charge in [0.25, 0.3) is 0 Å². The van der Waals surface area contributed by atoms with Crippen molar-refractivity contribution in [3.63, 3.8) is 0 Å². The molecule has 0 aliphatic carbocycles. The van der Waals surface area contributed by atoms with Crippen molar-refractivity contribution in [3.8, 4) is 0 Å². The van der Waals surface area contributed by atoms with Crippen LogP contribution < -0.4 is 4.90 Å². The van der Waals surface area contributed by atoms with E-state index in [2.05, 4.69) is 29.9 Å². The highest BCUT2D eigenvalue weighted by Gasteiger charge is 2.41. The van der Waals surface area contributed by atoms with Crippen LogP contribution in [-0.2, 0) is 4.74 Å². The summed E-state index contributed by atoms with van der Waals surface area (Å²) in [5.41, 5.74) is 3.69. The zero-order valence-electron chi connectivity index (χ0n) is 8.53. The molecule has 0 saturated carbocycles. The van der Waals surface area contributed by atoms with Crippen LogP contribution in [0.4, 0.5) is 5.69 Å². The number of aryl methyl sites for hydroxylation is 1. The molecular weight excluding hydrogens is 176 g/mol. The van der Waals surface area contributed by atoms with E-state index in [1.54, 1.807) is 0 Å². The van der Waals surface area contributed by atoms with Crippen LogP contribution >= 0.6 is 0 Å². The third-order valence-electron chi connectivity index (χ3n) is 3.21. The number of pyridine rings is 1. The molecule has 0 aromatic carbocycles. The van der Waals surface area contributed by atoms with Crippen molar-refractivity contribution < 1.29 is 4.74 Å². The van der Waals surface area contributed by atoms with E-state index in [4.69, 9.17) is 4.74 Å². The normalized spacial score (nSPS) is 29.1. The van der Waals surface area contributed by atoms with Gasteiger partial charge in [0.1, 0.15) is 6.23 Å². The Morgan fingerprint density at radius 3 is 3.29 bits per heavy atom. The Morgan fingerprint density at radius 2 is 2.43 bits per heavy atom. The second-order valence-electron chi connectivity index (χ2n) is 4.18. The third-order valence-corrected chi connectivity index (χ3v) is 3.21. The largest absolute Gasteiger partial charge is 0.358 e. The molecular formula is C11H14N2O. The summed E-state index contributed by atoms with van der Waals surface area (Å²) in [6.45, 7) is 2.95. The minimum Gasteiger partial charge on any atom is -0.358 e. The molecule has 2 atom stereocenters. The molecule has 1 aromatic rings. The van der Waals surface area contributed by atoms with Crippen LogP contribution in [0.1, 0.15) is 23.6 Å². The lowest BCUT2D eigenvalue weighted by atomic mass is 10.0. The van der Waals surface area contributed by atoms with Crippen LogP contribution in [-0.4, -0.2) is 24.9 Å². The number of nitrogens with zero attached hydrogens (tertiary/aromatic N) is 2. The van der Waals surface area contributed by atoms with E-state index in [-0.39, 0.29) is 6.23 Å². The number of aromatic nitrogens is 1. The van der Waals surface area contributed by atoms with Crippen LogP contribution in [0.3, 0.4) is 0 Å². The fraction of sp³-hybridized carbons (Fsp3) is 0.545. The van der Waals surface area contributed by atoms with Crippen LogP contribution in [0.15, 0.2) is 12.3 Å². The first kappa shape index (κ1) is 8.24. The van der Waals surface area contributed by atoms with Crippen molar-refractivity contribution >= 4 is 5.69 Å². The molecule has 2 aliphatic heterocycles. The molecule has 0 N–H and O–H groups in total. The summed E-state index contributed by atoms with van der Waals surface area (Å²) < 4.78 is 5.70. The lowest BCUT2D eigenvalue weighted by Crippen LogP contribution is -2.28. The molecule has 0 spiro atoms. The lowest BCUT2D eigenvalue weighted by Gasteiger charge is -2.20. The number of likely N-dealkylation sites (N-methyl/N-ethyl adjacent to an activating group) is 1. The molecule has 3 nitrogen and oxygen atoms in total. The Labute approximate surface area is 83.7 Å². The number of rotatable bonds is 0. The molecule has 0 radical (unpaired) electrons. The smallest absolute Gasteiger partial charge is 0.138 e. The minimum atomic E-state index is 0.235. The molecule has 3 heterocycles. The van der Waals surface area contributed by atoms with Gasteiger partial charge < -0.3 is 9.64 Å². The standard InChI is InChI=1S/C11H14N2O/c1-7-5-9-10(12-6-7)8-3-4-14-11(8)13(9)2/h5-6,8,11H,3-4H2,1-2H3. The predicted octanol–water partition coefficient (Wildman–Crippen LogP) is 1.67. The van der Waals surface area contributed by atoms with Crippen molar-refractivity contribution in [2.45, 2.75) is 25.5 Å². The van der Waals surface area contributed by atoms with E-state index in [1.807, 2.05) is 6.20 Å². The van der Waals surface area contributed by atoms with Crippen molar-refractivity contribution in [2.75, 3.05) is 18.6 Å². The summed E-state index contributed by atoms with van der Waals surface area (Å²) >= 11 is 0. The van der Waals surface area contributed by atoms with Crippen LogP contribution in [0.5, 0.6) is 0 Å². The Morgan fingerprint density at radius 1 is 1.57 bits per heavy atom. The molecule has 0 bridgehead atoms. The topological polar surface area (TPSA) is 25.4 Å². The van der Waals surface area contributed by atoms with Gasteiger partial charge in [0, 0.05) is 13.2 Å². The summed E-state index contributed by atoms with van der Waals surface area (Å²) in [4.78, 5) is 6.75. The summed E-state index contributed by atoms with van der Waals surface area (Å²) in [5, 5.41) is 0. The van der Waals surface area contributed by atoms with Gasteiger partial charge >= 0.3 is 0 Å². The van der Waals surface area contributed by atoms with Gasteiger partial charge in [-0.25, -0.2) is 0 Å². The minimum absolute atomic E-state index is 0.235. The van der Waals surface area contributed by atoms with Gasteiger partial charge in [0.05, 0.1) is 23.9 Å². The molecule has 74 valence electrons. The summed E-state index contributed by atoms with van der Waals surface area (Å²) in [6, 6.07) is 2.20. The molecule has 2 unspecified atom stereocenters. The second-order valence-corrected chi connectivity index (χ2v) is 4.18. The van der Waals surface area contributed by atoms with Crippen molar-refractivity contribution in [1.82, 2.24) is 4.98 Å². The average molecular weight is 190 g/mol. The van der Waals surface area contributed by atoms with Crippen LogP contribution in [0, 0.1) is 6.92 Å². The maximum Gasteiger partial charge on any atom is 0.138 e. The maximum atomic E-state index is 5.70. The molecule has 3 heteroatoms. The lowest BCUT2D eigenvalue weighted by molar-refractivity contribution is 0.110. The fourth-order valence-corrected chi connectivity index (χ4v) is 2.50. The van der Waals surface area contributed by atoms with Gasteiger partial charge in [-0.2, -0.15) is 0 Å². The van der Waals surface area contributed by atoms with Crippen LogP contribution in [0.2, 0.25) is 0 Å². The highest BCUT2D eigenvalue weighted by molar-refractivity contribution is 5.59. The molecule has 1 fully saturated rings. The molecule has 1 aromatic heterocycles. The third kappa shape index (κ3) is 0.932. The van der Waals surface area contributed by atoms with E-state index >= 15 is 0 Å². The number of hydrogen-bond acceptors (Lipinski definition) is 3. The molecule has 2 aliphatic rings. The highest BCUT2D eigenvalue weighted by Crippen LogP contribution is 2.44. The highest BCUT2D eigenvalue weighted by atomic mass is 16.5. The number of ether oxygens (including phenoxy) is 1. The summed E-state index contributed by atoms with van der Waals surface area (Å²) in [6.07, 6.45) is 3.30. The van der Waals surface area contributed by atoms with E-state index in [0.29, 0.717) is 5.92 Å². The number of fused-ring (bicyclic) bond motifs is 3. The Bertz CT molecular complexity index is 378. The van der Waals surface area contributed by atoms with E-state index < -0.39 is 0 Å². The predicted molar refractivity (Wildman–Crippen MR) is 54.5 cm³/mol. The van der Waals surface area contributed by atoms with Gasteiger partial charge in [-0.1, -0.05) is 0 Å². The number of hydrogen-bond donors (Lipinski definition) is 0. The van der Waals surface area contributed by atoms with Gasteiger partial charge in [-0.15, -0.1) is 0 Å². The van der Waals surface area contributed by atoms with E-state index in [0.717, 1.165) is 13.0 Å². The van der Waals surface area contributed by atoms with Crippen molar-refractivity contribution in [3.05, 3.63) is 23.5 Å². The first-order valence-electron chi connectivity index (χ1n) is 5.08. The molecule has 14 heavy (non-hydrogen) atoms. The maximum absolute atomic E-state index is 5.70. The molecule has 0 amide bonds. The first-order chi connectivity index (χ1) is 6.77. The number of anilines is 1. The quantitative estimate of drug-likeness (QED) is 0.622. The fourth-order valence-electron chi connectivity index (χ4n) is 2.50. The van der Waals surface area contributed by atoms with Crippen molar-refractivity contribution in [1.29, 1.82) is 0 Å². The van der Waals surface area contributed by atoms with E-state index in [9.17, 15) is 0 Å². The van der Waals surface area contributed by atoms with Gasteiger partial charge in [-0.3, -0.25) is 4.98 Å². The molecule has 3 rings (SSSR count). The van der Waals surface area contributed by atoms with Crippen LogP contribution in [0.25, 0.3) is 0 Å². The van der Waals surface area contributed by atoms with E-state index in [1.165, 1.54) is 16.9 Å². The Balaban J connectivity index is 2.13. The summed E-state index contributed by atoms with van der Waals surface area (Å²) in [5.74, 6) is 0.496. The SMILES string of the molecule is Cc1cnc2c(c1)N(C)C1OCCC21. The Hall–Kier alpha value is -1.09. The monoisotopic (exact) mass is 190 g/mol. The second kappa shape index (κ2) is 2.70. The first-order valence-corrected chi connectivity index (χ1v) is 5.08. The van der Waals surface area contributed by atoms with Gasteiger partial charge in [0.15, 0.2) is 0 Å².